The molecule has 1 N–H and O–H groups in total. The Bertz CT molecular complexity index is 1150. The van der Waals surface area contributed by atoms with Crippen molar-refractivity contribution in [1.29, 1.82) is 0 Å². The summed E-state index contributed by atoms with van der Waals surface area (Å²) >= 11 is 1.29. The first-order valence-electron chi connectivity index (χ1n) is 9.40. The molecule has 4 rings (SSSR count). The van der Waals surface area contributed by atoms with Gasteiger partial charge in [-0.15, -0.1) is 10.2 Å². The molecule has 0 atom stereocenters. The third-order valence-electron chi connectivity index (χ3n) is 4.71. The zero-order chi connectivity index (χ0) is 21.1. The van der Waals surface area contributed by atoms with Gasteiger partial charge in [0.15, 0.2) is 5.01 Å². The summed E-state index contributed by atoms with van der Waals surface area (Å²) in [5.41, 5.74) is 4.63. The molecule has 3 aromatic heterocycles. The first-order chi connectivity index (χ1) is 14.5. The highest BCUT2D eigenvalue weighted by molar-refractivity contribution is 7.18. The van der Waals surface area contributed by atoms with E-state index in [2.05, 4.69) is 25.6 Å². The van der Waals surface area contributed by atoms with Gasteiger partial charge < -0.3 is 4.90 Å². The van der Waals surface area contributed by atoms with Gasteiger partial charge in [-0.25, -0.2) is 9.48 Å². The predicted molar refractivity (Wildman–Crippen MR) is 117 cm³/mol. The Morgan fingerprint density at radius 2 is 1.87 bits per heavy atom. The third-order valence-corrected chi connectivity index (χ3v) is 5.57. The van der Waals surface area contributed by atoms with Crippen LogP contribution in [-0.4, -0.2) is 42.9 Å². The molecule has 2 amide bonds. The van der Waals surface area contributed by atoms with Crippen LogP contribution in [0.25, 0.3) is 16.4 Å². The summed E-state index contributed by atoms with van der Waals surface area (Å²) in [6, 6.07) is 15.3. The number of nitrogens with zero attached hydrogens (tertiary/aromatic N) is 6. The Labute approximate surface area is 178 Å². The van der Waals surface area contributed by atoms with Crippen LogP contribution < -0.4 is 5.32 Å². The van der Waals surface area contributed by atoms with Crippen LogP contribution in [0.2, 0.25) is 0 Å². The van der Waals surface area contributed by atoms with E-state index in [0.717, 1.165) is 28.3 Å². The molecule has 0 saturated heterocycles. The number of hydrogen-bond acceptors (Lipinski definition) is 6. The van der Waals surface area contributed by atoms with Crippen LogP contribution in [0.3, 0.4) is 0 Å². The molecule has 0 aliphatic carbocycles. The van der Waals surface area contributed by atoms with Crippen LogP contribution in [0.15, 0.2) is 54.7 Å². The van der Waals surface area contributed by atoms with E-state index < -0.39 is 0 Å². The first-order valence-corrected chi connectivity index (χ1v) is 10.2. The Morgan fingerprint density at radius 1 is 1.10 bits per heavy atom. The number of carbonyl (C=O) groups excluding carboxylic acids is 1. The van der Waals surface area contributed by atoms with E-state index in [1.165, 1.54) is 11.3 Å². The minimum Gasteiger partial charge on any atom is -0.323 e. The summed E-state index contributed by atoms with van der Waals surface area (Å²) in [4.78, 5) is 18.5. The molecule has 3 heterocycles. The summed E-state index contributed by atoms with van der Waals surface area (Å²) in [5, 5.41) is 16.7. The van der Waals surface area contributed by atoms with Gasteiger partial charge in [0.05, 0.1) is 17.9 Å². The highest BCUT2D eigenvalue weighted by Crippen LogP contribution is 2.25. The molecule has 4 aromatic rings. The van der Waals surface area contributed by atoms with E-state index in [0.29, 0.717) is 16.7 Å². The summed E-state index contributed by atoms with van der Waals surface area (Å²) in [7, 11) is 1.74. The molecule has 1 aromatic carbocycles. The van der Waals surface area contributed by atoms with Gasteiger partial charge in [-0.1, -0.05) is 35.6 Å². The quantitative estimate of drug-likeness (QED) is 0.527. The van der Waals surface area contributed by atoms with E-state index in [-0.39, 0.29) is 6.03 Å². The average Bonchev–Trinajstić information content (AvgIpc) is 3.35. The molecule has 0 saturated carbocycles. The Kier molecular flexibility index (Phi) is 5.53. The van der Waals surface area contributed by atoms with Gasteiger partial charge in [-0.05, 0) is 38.1 Å². The van der Waals surface area contributed by atoms with E-state index in [1.807, 2.05) is 67.1 Å². The summed E-state index contributed by atoms with van der Waals surface area (Å²) in [6.07, 6.45) is 1.70. The molecular formula is C21H21N7OS. The lowest BCUT2D eigenvalue weighted by atomic mass is 10.2. The number of benzene rings is 1. The second-order valence-corrected chi connectivity index (χ2v) is 7.79. The Morgan fingerprint density at radius 3 is 2.60 bits per heavy atom. The fourth-order valence-electron chi connectivity index (χ4n) is 3.09. The minimum atomic E-state index is -0.259. The average molecular weight is 420 g/mol. The molecular weight excluding hydrogens is 398 g/mol. The lowest BCUT2D eigenvalue weighted by Gasteiger charge is -2.17. The molecule has 30 heavy (non-hydrogen) atoms. The molecule has 0 aliphatic heterocycles. The minimum absolute atomic E-state index is 0.259. The number of rotatable bonds is 5. The fourth-order valence-corrected chi connectivity index (χ4v) is 3.80. The maximum Gasteiger partial charge on any atom is 0.323 e. The highest BCUT2D eigenvalue weighted by atomic mass is 32.1. The van der Waals surface area contributed by atoms with Crippen molar-refractivity contribution < 1.29 is 4.79 Å². The van der Waals surface area contributed by atoms with Gasteiger partial charge in [-0.3, -0.25) is 10.3 Å². The van der Waals surface area contributed by atoms with Gasteiger partial charge >= 0.3 is 6.03 Å². The molecule has 152 valence electrons. The molecule has 0 spiro atoms. The van der Waals surface area contributed by atoms with E-state index in [1.54, 1.807) is 18.1 Å². The number of para-hydroxylation sites is 1. The Balaban J connectivity index is 1.46. The number of nitrogens with one attached hydrogen (secondary N) is 1. The van der Waals surface area contributed by atoms with Crippen LogP contribution in [0.5, 0.6) is 0 Å². The van der Waals surface area contributed by atoms with Crippen molar-refractivity contribution in [3.63, 3.8) is 0 Å². The standard InChI is InChI=1S/C21H21N7OS/c1-14-17(15(2)28(26-14)16-9-5-4-6-10-16)13-27(3)21(29)23-20-25-24-19(30-20)18-11-7-8-12-22-18/h4-12H,13H2,1-3H3,(H,23,25,29). The summed E-state index contributed by atoms with van der Waals surface area (Å²) < 4.78 is 1.90. The molecule has 0 radical (unpaired) electrons. The van der Waals surface area contributed by atoms with E-state index in [9.17, 15) is 4.79 Å². The third kappa shape index (κ3) is 4.06. The van der Waals surface area contributed by atoms with Crippen molar-refractivity contribution in [1.82, 2.24) is 29.9 Å². The second kappa shape index (κ2) is 8.42. The SMILES string of the molecule is Cc1nn(-c2ccccc2)c(C)c1CN(C)C(=O)Nc1nnc(-c2ccccn2)s1. The lowest BCUT2D eigenvalue weighted by Crippen LogP contribution is -2.31. The first kappa shape index (κ1) is 19.7. The second-order valence-electron chi connectivity index (χ2n) is 6.81. The van der Waals surface area contributed by atoms with Crippen molar-refractivity contribution in [2.24, 2.45) is 0 Å². The van der Waals surface area contributed by atoms with Crippen molar-refractivity contribution in [2.45, 2.75) is 20.4 Å². The number of amides is 2. The number of carbonyl (C=O) groups is 1. The van der Waals surface area contributed by atoms with Crippen LogP contribution >= 0.6 is 11.3 Å². The maximum absolute atomic E-state index is 12.7. The Hall–Kier alpha value is -3.59. The number of aryl methyl sites for hydroxylation is 1. The maximum atomic E-state index is 12.7. The van der Waals surface area contributed by atoms with Gasteiger partial charge in [0.25, 0.3) is 0 Å². The highest BCUT2D eigenvalue weighted by Gasteiger charge is 2.18. The normalized spacial score (nSPS) is 10.8. The summed E-state index contributed by atoms with van der Waals surface area (Å²) in [6.45, 7) is 4.40. The van der Waals surface area contributed by atoms with Gasteiger partial charge in [0.2, 0.25) is 5.13 Å². The molecule has 0 unspecified atom stereocenters. The fraction of sp³-hybridized carbons (Fsp3) is 0.190. The van der Waals surface area contributed by atoms with Crippen molar-refractivity contribution in [3.8, 4) is 16.4 Å². The van der Waals surface area contributed by atoms with Crippen LogP contribution in [0.4, 0.5) is 9.93 Å². The van der Waals surface area contributed by atoms with Crippen molar-refractivity contribution >= 4 is 22.5 Å². The monoisotopic (exact) mass is 419 g/mol. The molecule has 0 bridgehead atoms. The van der Waals surface area contributed by atoms with Crippen LogP contribution in [0.1, 0.15) is 17.0 Å². The van der Waals surface area contributed by atoms with Gasteiger partial charge in [0, 0.05) is 24.5 Å². The number of anilines is 1. The van der Waals surface area contributed by atoms with Gasteiger partial charge in [0.1, 0.15) is 5.69 Å². The molecule has 0 aliphatic rings. The van der Waals surface area contributed by atoms with Crippen LogP contribution in [0, 0.1) is 13.8 Å². The van der Waals surface area contributed by atoms with Crippen molar-refractivity contribution in [2.75, 3.05) is 12.4 Å². The van der Waals surface area contributed by atoms with Crippen LogP contribution in [-0.2, 0) is 6.54 Å². The number of urea groups is 1. The number of hydrogen-bond donors (Lipinski definition) is 1. The van der Waals surface area contributed by atoms with E-state index >= 15 is 0 Å². The van der Waals surface area contributed by atoms with E-state index in [4.69, 9.17) is 0 Å². The van der Waals surface area contributed by atoms with Gasteiger partial charge in [-0.2, -0.15) is 5.10 Å². The number of aromatic nitrogens is 5. The lowest BCUT2D eigenvalue weighted by molar-refractivity contribution is 0.220. The number of pyridine rings is 1. The van der Waals surface area contributed by atoms with Crippen molar-refractivity contribution in [3.05, 3.63) is 71.7 Å². The largest absolute Gasteiger partial charge is 0.323 e. The zero-order valence-corrected chi connectivity index (χ0v) is 17.7. The molecule has 9 heteroatoms. The predicted octanol–water partition coefficient (Wildman–Crippen LogP) is 4.07. The molecule has 0 fully saturated rings. The molecule has 8 nitrogen and oxygen atoms in total. The smallest absolute Gasteiger partial charge is 0.323 e. The summed E-state index contributed by atoms with van der Waals surface area (Å²) in [5.74, 6) is 0. The zero-order valence-electron chi connectivity index (χ0n) is 16.9. The topological polar surface area (TPSA) is 88.8 Å².